The highest BCUT2D eigenvalue weighted by Gasteiger charge is 2.31. The van der Waals surface area contributed by atoms with Gasteiger partial charge in [-0.15, -0.1) is 0 Å². The van der Waals surface area contributed by atoms with Gasteiger partial charge in [-0.2, -0.15) is 0 Å². The first-order valence-electron chi connectivity index (χ1n) is 14.9. The second-order valence-corrected chi connectivity index (χ2v) is 10.9. The van der Waals surface area contributed by atoms with Crippen LogP contribution in [0.2, 0.25) is 0 Å². The summed E-state index contributed by atoms with van der Waals surface area (Å²) < 4.78 is 0. The van der Waals surface area contributed by atoms with E-state index in [0.717, 1.165) is 22.0 Å². The van der Waals surface area contributed by atoms with E-state index in [1.165, 1.54) is 12.5 Å². The molecule has 2 heterocycles. The Hall–Kier alpha value is -5.01. The van der Waals surface area contributed by atoms with E-state index in [4.69, 9.17) is 11.5 Å². The minimum Gasteiger partial charge on any atom is -0.480 e. The van der Waals surface area contributed by atoms with Crippen molar-refractivity contribution < 1.29 is 24.3 Å². The van der Waals surface area contributed by atoms with Crippen molar-refractivity contribution in [2.45, 2.75) is 62.7 Å². The van der Waals surface area contributed by atoms with Crippen molar-refractivity contribution in [2.75, 3.05) is 6.54 Å². The highest BCUT2D eigenvalue weighted by molar-refractivity contribution is 5.94. The molecule has 2 aromatic carbocycles. The monoisotopic (exact) mass is 616 g/mol. The number of hydrogen-bond acceptors (Lipinski definition) is 7. The van der Waals surface area contributed by atoms with Crippen molar-refractivity contribution in [2.24, 2.45) is 11.5 Å². The third-order valence-corrected chi connectivity index (χ3v) is 7.54. The summed E-state index contributed by atoms with van der Waals surface area (Å²) >= 11 is 0. The Morgan fingerprint density at radius 2 is 1.49 bits per heavy atom. The van der Waals surface area contributed by atoms with Crippen LogP contribution in [0.5, 0.6) is 0 Å². The molecular formula is C32H40N8O5. The maximum atomic E-state index is 13.6. The number of aromatic amines is 2. The number of imidazole rings is 1. The maximum Gasteiger partial charge on any atom is 0.326 e. The number of H-pyrrole nitrogens is 2. The molecule has 3 amide bonds. The van der Waals surface area contributed by atoms with Crippen LogP contribution in [0.1, 0.15) is 36.1 Å². The number of unbranched alkanes of at least 4 members (excludes halogenated alkanes) is 1. The van der Waals surface area contributed by atoms with Crippen molar-refractivity contribution in [1.82, 2.24) is 30.9 Å². The Labute approximate surface area is 260 Å². The topological polar surface area (TPSA) is 221 Å². The zero-order valence-electron chi connectivity index (χ0n) is 24.9. The SMILES string of the molecule is NCCCCC(NC(=O)C(N)Cc1ccccc1)C(=O)NC(Cc1cnc[nH]1)C(=O)NC(Cc1c[nH]c2ccccc12)C(=O)O. The van der Waals surface area contributed by atoms with Gasteiger partial charge in [0.1, 0.15) is 18.1 Å². The third kappa shape index (κ3) is 9.49. The first-order chi connectivity index (χ1) is 21.7. The molecule has 2 aromatic heterocycles. The number of aliphatic carboxylic acids is 1. The van der Waals surface area contributed by atoms with E-state index < -0.39 is 47.9 Å². The summed E-state index contributed by atoms with van der Waals surface area (Å²) in [5.74, 6) is -3.03. The number of carboxylic acids is 1. The van der Waals surface area contributed by atoms with Gasteiger partial charge in [0.15, 0.2) is 0 Å². The zero-order chi connectivity index (χ0) is 32.2. The van der Waals surface area contributed by atoms with Gasteiger partial charge in [-0.05, 0) is 49.4 Å². The lowest BCUT2D eigenvalue weighted by molar-refractivity contribution is -0.142. The van der Waals surface area contributed by atoms with E-state index >= 15 is 0 Å². The summed E-state index contributed by atoms with van der Waals surface area (Å²) in [5.41, 5.74) is 14.8. The van der Waals surface area contributed by atoms with Gasteiger partial charge in [-0.1, -0.05) is 48.5 Å². The van der Waals surface area contributed by atoms with E-state index in [1.807, 2.05) is 54.6 Å². The largest absolute Gasteiger partial charge is 0.480 e. The molecule has 45 heavy (non-hydrogen) atoms. The van der Waals surface area contributed by atoms with Gasteiger partial charge >= 0.3 is 5.97 Å². The number of para-hydroxylation sites is 1. The lowest BCUT2D eigenvalue weighted by atomic mass is 10.0. The van der Waals surface area contributed by atoms with Gasteiger partial charge < -0.3 is 42.5 Å². The Morgan fingerprint density at radius 1 is 0.800 bits per heavy atom. The Balaban J connectivity index is 1.48. The molecule has 4 atom stereocenters. The fourth-order valence-corrected chi connectivity index (χ4v) is 5.09. The maximum absolute atomic E-state index is 13.6. The van der Waals surface area contributed by atoms with Crippen molar-refractivity contribution in [1.29, 1.82) is 0 Å². The number of amides is 3. The molecule has 4 rings (SSSR count). The lowest BCUT2D eigenvalue weighted by Crippen LogP contribution is -2.58. The van der Waals surface area contributed by atoms with Crippen LogP contribution >= 0.6 is 0 Å². The van der Waals surface area contributed by atoms with Crippen LogP contribution in [0, 0.1) is 0 Å². The first kappa shape index (κ1) is 32.9. The molecule has 13 heteroatoms. The van der Waals surface area contributed by atoms with Crippen LogP contribution in [0.15, 0.2) is 73.3 Å². The summed E-state index contributed by atoms with van der Waals surface area (Å²) in [6.07, 6.45) is 6.41. The Kier molecular flexibility index (Phi) is 11.8. The summed E-state index contributed by atoms with van der Waals surface area (Å²) in [6.45, 7) is 0.410. The zero-order valence-corrected chi connectivity index (χ0v) is 24.9. The number of carbonyl (C=O) groups is 4. The number of nitrogens with one attached hydrogen (secondary N) is 5. The smallest absolute Gasteiger partial charge is 0.326 e. The van der Waals surface area contributed by atoms with Gasteiger partial charge in [0.2, 0.25) is 17.7 Å². The van der Waals surface area contributed by atoms with E-state index in [0.29, 0.717) is 25.1 Å². The molecule has 0 aliphatic heterocycles. The summed E-state index contributed by atoms with van der Waals surface area (Å²) in [5, 5.41) is 18.9. The second-order valence-electron chi connectivity index (χ2n) is 10.9. The van der Waals surface area contributed by atoms with Crippen LogP contribution < -0.4 is 27.4 Å². The fraction of sp³-hybridized carbons (Fsp3) is 0.344. The molecule has 0 aliphatic rings. The number of nitrogens with two attached hydrogens (primary N) is 2. The van der Waals surface area contributed by atoms with Crippen LogP contribution in [0.25, 0.3) is 10.9 Å². The molecule has 0 spiro atoms. The van der Waals surface area contributed by atoms with Crippen molar-refractivity contribution in [3.63, 3.8) is 0 Å². The van der Waals surface area contributed by atoms with E-state index in [9.17, 15) is 24.3 Å². The summed E-state index contributed by atoms with van der Waals surface area (Å²) in [6, 6.07) is 12.4. The molecule has 0 fully saturated rings. The molecule has 238 valence electrons. The van der Waals surface area contributed by atoms with Crippen molar-refractivity contribution in [3.8, 4) is 0 Å². The Bertz CT molecular complexity index is 1560. The highest BCUT2D eigenvalue weighted by Crippen LogP contribution is 2.19. The van der Waals surface area contributed by atoms with Gasteiger partial charge in [0.25, 0.3) is 0 Å². The normalized spacial score (nSPS) is 13.8. The molecule has 10 N–H and O–H groups in total. The predicted molar refractivity (Wildman–Crippen MR) is 169 cm³/mol. The van der Waals surface area contributed by atoms with Gasteiger partial charge in [-0.3, -0.25) is 14.4 Å². The summed E-state index contributed by atoms with van der Waals surface area (Å²) in [7, 11) is 0. The number of fused-ring (bicyclic) bond motifs is 1. The first-order valence-corrected chi connectivity index (χ1v) is 14.9. The van der Waals surface area contributed by atoms with Gasteiger partial charge in [-0.25, -0.2) is 9.78 Å². The lowest BCUT2D eigenvalue weighted by Gasteiger charge is -2.25. The molecule has 0 radical (unpaired) electrons. The number of nitrogens with zero attached hydrogens (tertiary/aromatic N) is 1. The van der Waals surface area contributed by atoms with Gasteiger partial charge in [0.05, 0.1) is 12.4 Å². The average Bonchev–Trinajstić information content (AvgIpc) is 3.70. The van der Waals surface area contributed by atoms with Crippen LogP contribution in [0.3, 0.4) is 0 Å². The second kappa shape index (κ2) is 16.2. The van der Waals surface area contributed by atoms with Crippen molar-refractivity contribution >= 4 is 34.6 Å². The van der Waals surface area contributed by atoms with Crippen LogP contribution in [-0.2, 0) is 38.4 Å². The number of benzene rings is 2. The quantitative estimate of drug-likeness (QED) is 0.0795. The van der Waals surface area contributed by atoms with Crippen LogP contribution in [0.4, 0.5) is 0 Å². The van der Waals surface area contributed by atoms with Crippen molar-refractivity contribution in [3.05, 3.63) is 90.1 Å². The van der Waals surface area contributed by atoms with Gasteiger partial charge in [0, 0.05) is 41.8 Å². The number of carboxylic acid groups (broad SMARTS) is 1. The van der Waals surface area contributed by atoms with E-state index in [1.54, 1.807) is 6.20 Å². The van der Waals surface area contributed by atoms with Crippen LogP contribution in [-0.4, -0.2) is 74.5 Å². The summed E-state index contributed by atoms with van der Waals surface area (Å²) in [4.78, 5) is 62.4. The van der Waals surface area contributed by atoms with E-state index in [2.05, 4.69) is 30.9 Å². The molecule has 0 bridgehead atoms. The minimum absolute atomic E-state index is 0.00792. The minimum atomic E-state index is -1.27. The Morgan fingerprint density at radius 3 is 2.20 bits per heavy atom. The third-order valence-electron chi connectivity index (χ3n) is 7.54. The van der Waals surface area contributed by atoms with E-state index in [-0.39, 0.29) is 25.7 Å². The molecule has 13 nitrogen and oxygen atoms in total. The average molecular weight is 617 g/mol. The molecule has 0 aliphatic carbocycles. The number of rotatable bonds is 17. The highest BCUT2D eigenvalue weighted by atomic mass is 16.4. The fourth-order valence-electron chi connectivity index (χ4n) is 5.09. The number of hydrogen-bond donors (Lipinski definition) is 8. The molecule has 4 unspecified atom stereocenters. The number of carbonyl (C=O) groups excluding carboxylic acids is 3. The predicted octanol–water partition coefficient (Wildman–Crippen LogP) is 0.914. The molecule has 0 saturated carbocycles. The number of aromatic nitrogens is 3. The standard InChI is InChI=1S/C32H40N8O5/c33-13-7-6-12-26(38-29(41)24(34)14-20-8-2-1-3-9-20)30(42)39-27(16-22-18-35-19-37-22)31(43)40-28(32(44)45)15-21-17-36-25-11-5-4-10-23(21)25/h1-5,8-11,17-19,24,26-28,36H,6-7,12-16,33-34H2,(H,35,37)(H,38,41)(H,39,42)(H,40,43)(H,44,45). The molecule has 4 aromatic rings. The molecule has 0 saturated heterocycles. The molecular weight excluding hydrogens is 576 g/mol.